The van der Waals surface area contributed by atoms with Gasteiger partial charge >= 0.3 is 6.18 Å². The second-order valence-corrected chi connectivity index (χ2v) is 6.39. The van der Waals surface area contributed by atoms with Crippen molar-refractivity contribution >= 4 is 39.2 Å². The van der Waals surface area contributed by atoms with E-state index in [2.05, 4.69) is 15.9 Å². The van der Waals surface area contributed by atoms with Crippen LogP contribution in [0.4, 0.5) is 18.9 Å². The van der Waals surface area contributed by atoms with Crippen LogP contribution in [-0.2, 0) is 12.7 Å². The molecule has 0 atom stereocenters. The number of hydrogen-bond acceptors (Lipinski definition) is 3. The van der Waals surface area contributed by atoms with Crippen molar-refractivity contribution in [2.45, 2.75) is 12.7 Å². The second-order valence-electron chi connectivity index (χ2n) is 4.48. The molecule has 0 N–H and O–H groups in total. The van der Waals surface area contributed by atoms with Gasteiger partial charge in [0.25, 0.3) is 0 Å². The van der Waals surface area contributed by atoms with E-state index in [4.69, 9.17) is 0 Å². The summed E-state index contributed by atoms with van der Waals surface area (Å²) in [5.41, 5.74) is -0.735. The molecule has 0 aliphatic heterocycles. The van der Waals surface area contributed by atoms with Crippen LogP contribution in [0.15, 0.2) is 34.1 Å². The van der Waals surface area contributed by atoms with Crippen LogP contribution in [0.5, 0.6) is 0 Å². The van der Waals surface area contributed by atoms with Crippen molar-refractivity contribution in [3.8, 4) is 0 Å². The minimum Gasteiger partial charge on any atom is -0.369 e. The second kappa shape index (κ2) is 6.19. The van der Waals surface area contributed by atoms with E-state index in [0.717, 1.165) is 15.4 Å². The predicted molar refractivity (Wildman–Crippen MR) is 81.0 cm³/mol. The minimum atomic E-state index is -4.50. The third kappa shape index (κ3) is 3.85. The van der Waals surface area contributed by atoms with Gasteiger partial charge in [0.05, 0.1) is 12.1 Å². The minimum absolute atomic E-state index is 0.0124. The van der Waals surface area contributed by atoms with Crippen LogP contribution in [0.2, 0.25) is 0 Å². The molecule has 0 amide bonds. The zero-order valence-electron chi connectivity index (χ0n) is 10.9. The summed E-state index contributed by atoms with van der Waals surface area (Å²) >= 11 is 4.78. The highest BCUT2D eigenvalue weighted by molar-refractivity contribution is 9.10. The molecule has 0 radical (unpaired) electrons. The average molecular weight is 378 g/mol. The van der Waals surface area contributed by atoms with E-state index in [0.29, 0.717) is 12.8 Å². The van der Waals surface area contributed by atoms with E-state index < -0.39 is 11.7 Å². The average Bonchev–Trinajstić information content (AvgIpc) is 2.82. The zero-order chi connectivity index (χ0) is 15.6. The summed E-state index contributed by atoms with van der Waals surface area (Å²) in [6.07, 6.45) is -4.09. The van der Waals surface area contributed by atoms with E-state index in [9.17, 15) is 18.0 Å². The van der Waals surface area contributed by atoms with Crippen LogP contribution < -0.4 is 4.90 Å². The number of thiophene rings is 1. The Hall–Kier alpha value is -1.34. The molecule has 2 rings (SSSR count). The molecule has 2 aromatic rings. The lowest BCUT2D eigenvalue weighted by Gasteiger charge is -2.23. The summed E-state index contributed by atoms with van der Waals surface area (Å²) in [4.78, 5) is 13.1. The first-order valence-electron chi connectivity index (χ1n) is 5.91. The predicted octanol–water partition coefficient (Wildman–Crippen LogP) is 4.98. The Morgan fingerprint density at radius 1 is 1.33 bits per heavy atom. The Bertz CT molecular complexity index is 654. The van der Waals surface area contributed by atoms with Gasteiger partial charge in [0.1, 0.15) is 6.29 Å². The third-order valence-electron chi connectivity index (χ3n) is 2.89. The standard InChI is InChI=1S/C14H11BrF3NOS/c1-19(6-11-5-10(15)8-21-11)13-3-2-9(7-20)4-12(13)14(16,17)18/h2-5,7-8H,6H2,1H3. The van der Waals surface area contributed by atoms with Crippen LogP contribution in [0.1, 0.15) is 20.8 Å². The Kier molecular flexibility index (Phi) is 4.73. The normalized spacial score (nSPS) is 11.5. The largest absolute Gasteiger partial charge is 0.418 e. The summed E-state index contributed by atoms with van der Waals surface area (Å²) in [7, 11) is 1.60. The molecule has 1 heterocycles. The quantitative estimate of drug-likeness (QED) is 0.700. The molecule has 0 unspecified atom stereocenters. The third-order valence-corrected chi connectivity index (χ3v) is 4.57. The number of alkyl halides is 3. The first kappa shape index (κ1) is 16.0. The molecule has 21 heavy (non-hydrogen) atoms. The molecule has 7 heteroatoms. The number of aldehydes is 1. The van der Waals surface area contributed by atoms with Crippen LogP contribution in [0.3, 0.4) is 0 Å². The Morgan fingerprint density at radius 3 is 2.57 bits per heavy atom. The van der Waals surface area contributed by atoms with E-state index in [1.54, 1.807) is 7.05 Å². The van der Waals surface area contributed by atoms with Gasteiger partial charge in [-0.05, 0) is 40.2 Å². The van der Waals surface area contributed by atoms with Crippen LogP contribution >= 0.6 is 27.3 Å². The topological polar surface area (TPSA) is 20.3 Å². The van der Waals surface area contributed by atoms with Gasteiger partial charge in [-0.1, -0.05) is 0 Å². The number of benzene rings is 1. The summed E-state index contributed by atoms with van der Waals surface area (Å²) in [5.74, 6) is 0. The number of anilines is 1. The molecule has 0 saturated heterocycles. The fourth-order valence-electron chi connectivity index (χ4n) is 1.94. The summed E-state index contributed by atoms with van der Waals surface area (Å²) in [6.45, 7) is 0.361. The van der Waals surface area contributed by atoms with Gasteiger partial charge in [-0.3, -0.25) is 4.79 Å². The highest BCUT2D eigenvalue weighted by Crippen LogP contribution is 2.37. The van der Waals surface area contributed by atoms with Crippen LogP contribution in [-0.4, -0.2) is 13.3 Å². The van der Waals surface area contributed by atoms with Crippen LogP contribution in [0, 0.1) is 0 Å². The van der Waals surface area contributed by atoms with Gasteiger partial charge in [-0.25, -0.2) is 0 Å². The van der Waals surface area contributed by atoms with E-state index in [1.165, 1.54) is 28.4 Å². The highest BCUT2D eigenvalue weighted by atomic mass is 79.9. The van der Waals surface area contributed by atoms with Gasteiger partial charge in [-0.2, -0.15) is 13.2 Å². The fraction of sp³-hybridized carbons (Fsp3) is 0.214. The van der Waals surface area contributed by atoms with Gasteiger partial charge in [0.2, 0.25) is 0 Å². The monoisotopic (exact) mass is 377 g/mol. The molecule has 0 fully saturated rings. The maximum absolute atomic E-state index is 13.1. The summed E-state index contributed by atoms with van der Waals surface area (Å²) in [5, 5.41) is 1.88. The van der Waals surface area contributed by atoms with Crippen molar-refractivity contribution in [3.63, 3.8) is 0 Å². The molecular formula is C14H11BrF3NOS. The van der Waals surface area contributed by atoms with E-state index >= 15 is 0 Å². The number of hydrogen-bond donors (Lipinski definition) is 0. The smallest absolute Gasteiger partial charge is 0.369 e. The molecular weight excluding hydrogens is 367 g/mol. The van der Waals surface area contributed by atoms with Crippen molar-refractivity contribution in [2.75, 3.05) is 11.9 Å². The zero-order valence-corrected chi connectivity index (χ0v) is 13.3. The van der Waals surface area contributed by atoms with Crippen molar-refractivity contribution in [2.24, 2.45) is 0 Å². The number of halogens is 4. The molecule has 0 aliphatic carbocycles. The molecule has 1 aromatic heterocycles. The van der Waals surface area contributed by atoms with Crippen molar-refractivity contribution in [3.05, 3.63) is 50.1 Å². The van der Waals surface area contributed by atoms with Crippen molar-refractivity contribution in [1.82, 2.24) is 0 Å². The Balaban J connectivity index is 2.35. The highest BCUT2D eigenvalue weighted by Gasteiger charge is 2.34. The first-order valence-corrected chi connectivity index (χ1v) is 7.59. The molecule has 0 saturated carbocycles. The molecule has 112 valence electrons. The number of carbonyl (C=O) groups is 1. The maximum Gasteiger partial charge on any atom is 0.418 e. The molecule has 1 aromatic carbocycles. The first-order chi connectivity index (χ1) is 9.81. The lowest BCUT2D eigenvalue weighted by Crippen LogP contribution is -2.20. The lowest BCUT2D eigenvalue weighted by atomic mass is 10.1. The Labute approximate surface area is 132 Å². The van der Waals surface area contributed by atoms with Gasteiger partial charge in [0, 0.05) is 33.0 Å². The Morgan fingerprint density at radius 2 is 2.05 bits per heavy atom. The number of nitrogens with zero attached hydrogens (tertiary/aromatic N) is 1. The van der Waals surface area contributed by atoms with Crippen molar-refractivity contribution in [1.29, 1.82) is 0 Å². The van der Waals surface area contributed by atoms with E-state index in [-0.39, 0.29) is 11.3 Å². The maximum atomic E-state index is 13.1. The van der Waals surface area contributed by atoms with Gasteiger partial charge < -0.3 is 4.90 Å². The number of rotatable bonds is 4. The van der Waals surface area contributed by atoms with Gasteiger partial charge in [-0.15, -0.1) is 11.3 Å². The molecule has 0 bridgehead atoms. The van der Waals surface area contributed by atoms with E-state index in [1.807, 2.05) is 11.4 Å². The molecule has 0 aliphatic rings. The number of carbonyl (C=O) groups excluding carboxylic acids is 1. The molecule has 2 nitrogen and oxygen atoms in total. The summed E-state index contributed by atoms with van der Waals surface area (Å²) < 4.78 is 40.3. The SMILES string of the molecule is CN(Cc1cc(Br)cs1)c1ccc(C=O)cc1C(F)(F)F. The molecule has 0 spiro atoms. The lowest BCUT2D eigenvalue weighted by molar-refractivity contribution is -0.137. The van der Waals surface area contributed by atoms with Crippen LogP contribution in [0.25, 0.3) is 0 Å². The fourth-order valence-corrected chi connectivity index (χ4v) is 3.45. The summed E-state index contributed by atoms with van der Waals surface area (Å²) in [6, 6.07) is 5.46. The van der Waals surface area contributed by atoms with Gasteiger partial charge in [0.15, 0.2) is 0 Å². The van der Waals surface area contributed by atoms with Crippen molar-refractivity contribution < 1.29 is 18.0 Å².